The third-order valence-electron chi connectivity index (χ3n) is 7.32. The molecule has 1 amide bonds. The molecule has 2 N–H and O–H groups in total. The van der Waals surface area contributed by atoms with Crippen molar-refractivity contribution in [3.63, 3.8) is 0 Å². The van der Waals surface area contributed by atoms with Crippen LogP contribution in [0.4, 0.5) is 0 Å². The van der Waals surface area contributed by atoms with Gasteiger partial charge >= 0.3 is 5.97 Å². The number of nitrogens with one attached hydrogen (secondary N) is 1. The Hall–Kier alpha value is -3.07. The summed E-state index contributed by atoms with van der Waals surface area (Å²) in [5, 5.41) is 17.1. The standard InChI is InChI=1S/C27H38N4O5/c1-35-23-11-8-12-24(36-2)26(23)22-18-21(29-31(22)20-9-4-5-10-20)27(34)28-19(17-25(32)33)13-16-30-14-6-3-7-15-30/h8,11-12,18-20H,3-7,9-10,13-17H2,1-2H3,(H,28,34)(H,32,33)/t19-/m0/s1. The molecule has 4 rings (SSSR count). The van der Waals surface area contributed by atoms with E-state index in [9.17, 15) is 14.7 Å². The highest BCUT2D eigenvalue weighted by molar-refractivity contribution is 5.94. The number of rotatable bonds is 11. The molecule has 0 radical (unpaired) electrons. The number of methoxy groups -OCH3 is 2. The Balaban J connectivity index is 1.60. The average Bonchev–Trinajstić information content (AvgIpc) is 3.57. The number of carboxylic acids is 1. The first-order chi connectivity index (χ1) is 17.5. The maximum absolute atomic E-state index is 13.4. The predicted molar refractivity (Wildman–Crippen MR) is 137 cm³/mol. The van der Waals surface area contributed by atoms with Gasteiger partial charge in [-0.25, -0.2) is 0 Å². The summed E-state index contributed by atoms with van der Waals surface area (Å²) in [5.74, 6) is 0.0121. The van der Waals surface area contributed by atoms with Crippen molar-refractivity contribution < 1.29 is 24.2 Å². The lowest BCUT2D eigenvalue weighted by atomic mass is 10.1. The Kier molecular flexibility index (Phi) is 8.85. The SMILES string of the molecule is COc1cccc(OC)c1-c1cc(C(=O)N[C@@H](CCN2CCCCC2)CC(=O)O)nn1C1CCCC1. The van der Waals surface area contributed by atoms with E-state index in [-0.39, 0.29) is 24.1 Å². The van der Waals surface area contributed by atoms with E-state index < -0.39 is 12.0 Å². The van der Waals surface area contributed by atoms with E-state index in [0.29, 0.717) is 17.9 Å². The number of carboxylic acid groups (broad SMARTS) is 1. The summed E-state index contributed by atoms with van der Waals surface area (Å²) >= 11 is 0. The monoisotopic (exact) mass is 498 g/mol. The third-order valence-corrected chi connectivity index (χ3v) is 7.32. The first-order valence-corrected chi connectivity index (χ1v) is 13.1. The van der Waals surface area contributed by atoms with Crippen LogP contribution in [0.2, 0.25) is 0 Å². The number of carbonyl (C=O) groups excluding carboxylic acids is 1. The number of hydrogen-bond acceptors (Lipinski definition) is 6. The van der Waals surface area contributed by atoms with Gasteiger partial charge in [0.2, 0.25) is 0 Å². The zero-order valence-electron chi connectivity index (χ0n) is 21.4. The number of aliphatic carboxylic acids is 1. The van der Waals surface area contributed by atoms with Gasteiger partial charge in [0.15, 0.2) is 5.69 Å². The molecule has 1 saturated heterocycles. The van der Waals surface area contributed by atoms with Crippen molar-refractivity contribution in [1.29, 1.82) is 0 Å². The summed E-state index contributed by atoms with van der Waals surface area (Å²) < 4.78 is 13.2. The van der Waals surface area contributed by atoms with E-state index in [1.807, 2.05) is 22.9 Å². The van der Waals surface area contributed by atoms with Crippen molar-refractivity contribution in [3.8, 4) is 22.8 Å². The van der Waals surface area contributed by atoms with Crippen molar-refractivity contribution in [3.05, 3.63) is 30.0 Å². The van der Waals surface area contributed by atoms with E-state index in [2.05, 4.69) is 10.2 Å². The number of piperidine rings is 1. The number of benzene rings is 1. The van der Waals surface area contributed by atoms with Crippen LogP contribution < -0.4 is 14.8 Å². The number of amides is 1. The van der Waals surface area contributed by atoms with Gasteiger partial charge in [0, 0.05) is 12.6 Å². The lowest BCUT2D eigenvalue weighted by Crippen LogP contribution is -2.40. The fourth-order valence-electron chi connectivity index (χ4n) is 5.44. The van der Waals surface area contributed by atoms with Crippen molar-refractivity contribution in [2.75, 3.05) is 33.9 Å². The number of nitrogens with zero attached hydrogens (tertiary/aromatic N) is 3. The molecule has 1 aliphatic carbocycles. The topological polar surface area (TPSA) is 106 Å². The number of aromatic nitrogens is 2. The molecule has 0 bridgehead atoms. The van der Waals surface area contributed by atoms with Gasteiger partial charge in [-0.2, -0.15) is 5.10 Å². The van der Waals surface area contributed by atoms with Gasteiger partial charge in [-0.3, -0.25) is 14.3 Å². The zero-order chi connectivity index (χ0) is 25.5. The molecular weight excluding hydrogens is 460 g/mol. The second-order valence-corrected chi connectivity index (χ2v) is 9.79. The van der Waals surface area contributed by atoms with Crippen molar-refractivity contribution in [2.24, 2.45) is 0 Å². The summed E-state index contributed by atoms with van der Waals surface area (Å²) in [5.41, 5.74) is 1.80. The van der Waals surface area contributed by atoms with Crippen LogP contribution >= 0.6 is 0 Å². The van der Waals surface area contributed by atoms with Gasteiger partial charge in [-0.1, -0.05) is 25.3 Å². The second-order valence-electron chi connectivity index (χ2n) is 9.79. The Bertz CT molecular complexity index is 1020. The molecule has 2 heterocycles. The van der Waals surface area contributed by atoms with E-state index >= 15 is 0 Å². The Morgan fingerprint density at radius 2 is 1.75 bits per heavy atom. The minimum atomic E-state index is -0.921. The number of carbonyl (C=O) groups is 2. The lowest BCUT2D eigenvalue weighted by Gasteiger charge is -2.28. The number of hydrogen-bond donors (Lipinski definition) is 2. The molecule has 2 aromatic rings. The summed E-state index contributed by atoms with van der Waals surface area (Å²) in [6.45, 7) is 2.84. The number of likely N-dealkylation sites (tertiary alicyclic amines) is 1. The van der Waals surface area contributed by atoms with Crippen LogP contribution in [0.25, 0.3) is 11.3 Å². The van der Waals surface area contributed by atoms with Crippen LogP contribution in [0.5, 0.6) is 11.5 Å². The molecule has 9 heteroatoms. The molecular formula is C27H38N4O5. The van der Waals surface area contributed by atoms with Crippen LogP contribution in [0.3, 0.4) is 0 Å². The molecule has 1 saturated carbocycles. The van der Waals surface area contributed by atoms with Crippen LogP contribution in [0.1, 0.15) is 74.3 Å². The van der Waals surface area contributed by atoms with E-state index in [1.165, 1.54) is 19.3 Å². The smallest absolute Gasteiger partial charge is 0.305 e. The molecule has 1 atom stereocenters. The maximum atomic E-state index is 13.4. The fourth-order valence-corrected chi connectivity index (χ4v) is 5.44. The first-order valence-electron chi connectivity index (χ1n) is 13.1. The normalized spacial score (nSPS) is 17.6. The van der Waals surface area contributed by atoms with Crippen molar-refractivity contribution in [1.82, 2.24) is 20.0 Å². The summed E-state index contributed by atoms with van der Waals surface area (Å²) in [7, 11) is 3.22. The Morgan fingerprint density at radius 1 is 1.08 bits per heavy atom. The predicted octanol–water partition coefficient (Wildman–Crippen LogP) is 4.13. The molecule has 0 spiro atoms. The minimum Gasteiger partial charge on any atom is -0.496 e. The molecule has 2 fully saturated rings. The van der Waals surface area contributed by atoms with Crippen LogP contribution in [-0.2, 0) is 4.79 Å². The summed E-state index contributed by atoms with van der Waals surface area (Å²) in [6, 6.07) is 7.10. The highest BCUT2D eigenvalue weighted by Gasteiger charge is 2.28. The molecule has 196 valence electrons. The zero-order valence-corrected chi connectivity index (χ0v) is 21.4. The second kappa shape index (κ2) is 12.3. The minimum absolute atomic E-state index is 0.115. The maximum Gasteiger partial charge on any atom is 0.305 e. The fraction of sp³-hybridized carbons (Fsp3) is 0.593. The quantitative estimate of drug-likeness (QED) is 0.480. The number of ether oxygens (including phenoxy) is 2. The van der Waals surface area contributed by atoms with E-state index in [0.717, 1.165) is 56.6 Å². The molecule has 2 aliphatic rings. The van der Waals surface area contributed by atoms with Crippen molar-refractivity contribution in [2.45, 2.75) is 69.9 Å². The average molecular weight is 499 g/mol. The summed E-state index contributed by atoms with van der Waals surface area (Å²) in [6.07, 6.45) is 8.28. The molecule has 1 aromatic heterocycles. The summed E-state index contributed by atoms with van der Waals surface area (Å²) in [4.78, 5) is 27.2. The molecule has 1 aliphatic heterocycles. The van der Waals surface area contributed by atoms with Gasteiger partial charge in [0.25, 0.3) is 5.91 Å². The Labute approximate surface area is 212 Å². The highest BCUT2D eigenvalue weighted by Crippen LogP contribution is 2.41. The van der Waals surface area contributed by atoms with Crippen LogP contribution in [0, 0.1) is 0 Å². The van der Waals surface area contributed by atoms with Gasteiger partial charge in [-0.05, 0) is 63.4 Å². The largest absolute Gasteiger partial charge is 0.496 e. The van der Waals surface area contributed by atoms with Gasteiger partial charge in [0.05, 0.1) is 37.9 Å². The molecule has 0 unspecified atom stereocenters. The molecule has 9 nitrogen and oxygen atoms in total. The third kappa shape index (κ3) is 6.19. The first kappa shape index (κ1) is 26.0. The molecule has 1 aromatic carbocycles. The van der Waals surface area contributed by atoms with E-state index in [4.69, 9.17) is 14.6 Å². The van der Waals surface area contributed by atoms with Gasteiger partial charge in [-0.15, -0.1) is 0 Å². The molecule has 36 heavy (non-hydrogen) atoms. The van der Waals surface area contributed by atoms with Gasteiger partial charge in [0.1, 0.15) is 11.5 Å². The Morgan fingerprint density at radius 3 is 2.36 bits per heavy atom. The van der Waals surface area contributed by atoms with Gasteiger partial charge < -0.3 is 24.8 Å². The van der Waals surface area contributed by atoms with E-state index in [1.54, 1.807) is 20.3 Å². The van der Waals surface area contributed by atoms with Crippen LogP contribution in [-0.4, -0.2) is 71.6 Å². The highest BCUT2D eigenvalue weighted by atomic mass is 16.5. The van der Waals surface area contributed by atoms with Crippen LogP contribution in [0.15, 0.2) is 24.3 Å². The van der Waals surface area contributed by atoms with Crippen molar-refractivity contribution >= 4 is 11.9 Å². The lowest BCUT2D eigenvalue weighted by molar-refractivity contribution is -0.137.